The maximum Gasteiger partial charge on any atom is 0.278 e. The molecular weight excluding hydrogens is 272 g/mol. The highest BCUT2D eigenvalue weighted by Gasteiger charge is 2.18. The number of aromatic nitrogens is 1. The van der Waals surface area contributed by atoms with Crippen LogP contribution in [0.2, 0.25) is 0 Å². The van der Waals surface area contributed by atoms with E-state index in [1.54, 1.807) is 12.1 Å². The lowest BCUT2D eigenvalue weighted by Crippen LogP contribution is -2.18. The molecule has 0 unspecified atom stereocenters. The summed E-state index contributed by atoms with van der Waals surface area (Å²) < 4.78 is 0. The Morgan fingerprint density at radius 1 is 1.19 bits per heavy atom. The Morgan fingerprint density at radius 3 is 2.38 bits per heavy atom. The third-order valence-electron chi connectivity index (χ3n) is 2.96. The zero-order valence-electron chi connectivity index (χ0n) is 11.5. The number of hydrogen-bond acceptors (Lipinski definition) is 5. The highest BCUT2D eigenvalue weighted by atomic mass is 16.3. The fraction of sp³-hybridized carbons (Fsp3) is 0.143. The first-order chi connectivity index (χ1) is 9.90. The Balaban J connectivity index is 2.49. The molecular formula is C14H14N4O3. The standard InChI is InChI=1S/C14H14N4O3/c1-7-3-5-9(6-4-7)17-18-11-8(2)10(12(15)19)13(20)16-14(11)21/h3-6H,1-2H3,(H2,15,19)(H2,16,20,21). The average Bonchev–Trinajstić information content (AvgIpc) is 2.39. The monoisotopic (exact) mass is 286 g/mol. The van der Waals surface area contributed by atoms with Crippen LogP contribution in [0.4, 0.5) is 11.4 Å². The van der Waals surface area contributed by atoms with Gasteiger partial charge in [-0.2, -0.15) is 5.11 Å². The summed E-state index contributed by atoms with van der Waals surface area (Å²) in [5.74, 6) is -1.42. The van der Waals surface area contributed by atoms with Gasteiger partial charge >= 0.3 is 0 Å². The summed E-state index contributed by atoms with van der Waals surface area (Å²) in [7, 11) is 0. The molecule has 1 aromatic heterocycles. The van der Waals surface area contributed by atoms with E-state index in [1.165, 1.54) is 6.92 Å². The second kappa shape index (κ2) is 5.58. The summed E-state index contributed by atoms with van der Waals surface area (Å²) in [6.07, 6.45) is 0. The van der Waals surface area contributed by atoms with Crippen LogP contribution in [-0.2, 0) is 0 Å². The zero-order chi connectivity index (χ0) is 15.6. The molecule has 0 fully saturated rings. The molecule has 0 radical (unpaired) electrons. The fourth-order valence-electron chi connectivity index (χ4n) is 1.84. The van der Waals surface area contributed by atoms with Gasteiger partial charge in [0.05, 0.1) is 5.69 Å². The Bertz CT molecular complexity index is 776. The van der Waals surface area contributed by atoms with Crippen LogP contribution in [0.25, 0.3) is 0 Å². The van der Waals surface area contributed by atoms with Crippen LogP contribution in [0.5, 0.6) is 5.88 Å². The van der Waals surface area contributed by atoms with Crippen molar-refractivity contribution >= 4 is 17.3 Å². The van der Waals surface area contributed by atoms with Crippen molar-refractivity contribution in [2.45, 2.75) is 13.8 Å². The van der Waals surface area contributed by atoms with Crippen LogP contribution in [-0.4, -0.2) is 16.0 Å². The molecule has 0 aliphatic rings. The highest BCUT2D eigenvalue weighted by molar-refractivity contribution is 5.97. The number of aryl methyl sites for hydroxylation is 1. The maximum absolute atomic E-state index is 11.8. The van der Waals surface area contributed by atoms with E-state index in [0.29, 0.717) is 5.69 Å². The summed E-state index contributed by atoms with van der Waals surface area (Å²) in [5.41, 5.74) is 6.09. The van der Waals surface area contributed by atoms with Crippen LogP contribution < -0.4 is 11.3 Å². The van der Waals surface area contributed by atoms with Gasteiger partial charge < -0.3 is 10.8 Å². The molecule has 7 heteroatoms. The molecule has 1 heterocycles. The maximum atomic E-state index is 11.8. The van der Waals surface area contributed by atoms with Gasteiger partial charge in [-0.15, -0.1) is 5.11 Å². The largest absolute Gasteiger partial charge is 0.494 e. The van der Waals surface area contributed by atoms with Crippen molar-refractivity contribution < 1.29 is 9.90 Å². The number of benzene rings is 1. The quantitative estimate of drug-likeness (QED) is 0.750. The van der Waals surface area contributed by atoms with E-state index in [-0.39, 0.29) is 16.8 Å². The van der Waals surface area contributed by atoms with Crippen LogP contribution in [0.3, 0.4) is 0 Å². The molecule has 0 spiro atoms. The van der Waals surface area contributed by atoms with Crippen molar-refractivity contribution in [3.63, 3.8) is 0 Å². The van der Waals surface area contributed by atoms with Gasteiger partial charge in [-0.1, -0.05) is 17.7 Å². The van der Waals surface area contributed by atoms with Crippen LogP contribution in [0, 0.1) is 13.8 Å². The summed E-state index contributed by atoms with van der Waals surface area (Å²) in [6, 6.07) is 7.21. The van der Waals surface area contributed by atoms with E-state index < -0.39 is 17.3 Å². The number of carbonyl (C=O) groups is 1. The topological polar surface area (TPSA) is 121 Å². The summed E-state index contributed by atoms with van der Waals surface area (Å²) in [6.45, 7) is 3.41. The van der Waals surface area contributed by atoms with Gasteiger partial charge in [-0.25, -0.2) is 0 Å². The Morgan fingerprint density at radius 2 is 1.81 bits per heavy atom. The average molecular weight is 286 g/mol. The minimum atomic E-state index is -0.854. The first-order valence-corrected chi connectivity index (χ1v) is 6.14. The number of azo groups is 1. The molecule has 1 aromatic carbocycles. The lowest BCUT2D eigenvalue weighted by Gasteiger charge is -2.05. The molecule has 1 amide bonds. The van der Waals surface area contributed by atoms with Crippen LogP contribution in [0.1, 0.15) is 21.5 Å². The van der Waals surface area contributed by atoms with Gasteiger partial charge in [0.25, 0.3) is 11.5 Å². The summed E-state index contributed by atoms with van der Waals surface area (Å²) in [4.78, 5) is 25.2. The predicted octanol–water partition coefficient (Wildman–Crippen LogP) is 2.21. The van der Waals surface area contributed by atoms with Crippen LogP contribution in [0.15, 0.2) is 39.3 Å². The lowest BCUT2D eigenvalue weighted by atomic mass is 10.1. The smallest absolute Gasteiger partial charge is 0.278 e. The number of H-pyrrole nitrogens is 1. The number of carbonyl (C=O) groups excluding carboxylic acids is 1. The number of primary amides is 1. The lowest BCUT2D eigenvalue weighted by molar-refractivity contribution is 0.0996. The van der Waals surface area contributed by atoms with E-state index in [1.807, 2.05) is 19.1 Å². The summed E-state index contributed by atoms with van der Waals surface area (Å²) in [5, 5.41) is 17.3. The Labute approximate surface area is 120 Å². The number of hydrogen-bond donors (Lipinski definition) is 3. The van der Waals surface area contributed by atoms with Gasteiger partial charge in [0, 0.05) is 5.56 Å². The third-order valence-corrected chi connectivity index (χ3v) is 2.96. The number of nitrogens with one attached hydrogen (secondary N) is 1. The van der Waals surface area contributed by atoms with Crippen molar-refractivity contribution in [2.75, 3.05) is 0 Å². The number of nitrogens with two attached hydrogens (primary N) is 1. The predicted molar refractivity (Wildman–Crippen MR) is 77.3 cm³/mol. The first kappa shape index (κ1) is 14.4. The first-order valence-electron chi connectivity index (χ1n) is 6.14. The highest BCUT2D eigenvalue weighted by Crippen LogP contribution is 2.24. The molecule has 0 atom stereocenters. The zero-order valence-corrected chi connectivity index (χ0v) is 11.5. The minimum Gasteiger partial charge on any atom is -0.494 e. The molecule has 0 saturated heterocycles. The van der Waals surface area contributed by atoms with Gasteiger partial charge in [0.2, 0.25) is 5.88 Å². The van der Waals surface area contributed by atoms with Crippen molar-refractivity contribution in [3.05, 3.63) is 51.3 Å². The molecule has 7 nitrogen and oxygen atoms in total. The molecule has 108 valence electrons. The van der Waals surface area contributed by atoms with E-state index in [0.717, 1.165) is 5.56 Å². The number of aromatic amines is 1. The number of aromatic hydroxyl groups is 1. The molecule has 0 aliphatic heterocycles. The van der Waals surface area contributed by atoms with Gasteiger partial charge in [0.15, 0.2) is 5.69 Å². The van der Waals surface area contributed by atoms with Crippen molar-refractivity contribution in [1.29, 1.82) is 0 Å². The molecule has 4 N–H and O–H groups in total. The Hall–Kier alpha value is -2.96. The van der Waals surface area contributed by atoms with Gasteiger partial charge in [-0.3, -0.25) is 14.6 Å². The van der Waals surface area contributed by atoms with E-state index in [2.05, 4.69) is 15.2 Å². The van der Waals surface area contributed by atoms with Gasteiger partial charge in [-0.05, 0) is 26.0 Å². The normalized spacial score (nSPS) is 11.0. The molecule has 0 aliphatic carbocycles. The molecule has 0 bridgehead atoms. The fourth-order valence-corrected chi connectivity index (χ4v) is 1.84. The van der Waals surface area contributed by atoms with E-state index in [9.17, 15) is 14.7 Å². The minimum absolute atomic E-state index is 0.0674. The van der Waals surface area contributed by atoms with Gasteiger partial charge in [0.1, 0.15) is 5.56 Å². The van der Waals surface area contributed by atoms with Crippen LogP contribution >= 0.6 is 0 Å². The SMILES string of the molecule is Cc1ccc(N=Nc2c(C)c(C(N)=O)c(O)[nH]c2=O)cc1. The van der Waals surface area contributed by atoms with Crippen molar-refractivity contribution in [3.8, 4) is 5.88 Å². The number of amides is 1. The Kier molecular flexibility index (Phi) is 3.84. The van der Waals surface area contributed by atoms with Crippen molar-refractivity contribution in [2.24, 2.45) is 16.0 Å². The molecule has 2 aromatic rings. The number of pyridine rings is 1. The number of nitrogens with zero attached hydrogens (tertiary/aromatic N) is 2. The number of rotatable bonds is 3. The molecule has 2 rings (SSSR count). The van der Waals surface area contributed by atoms with E-state index >= 15 is 0 Å². The van der Waals surface area contributed by atoms with Crippen molar-refractivity contribution in [1.82, 2.24) is 4.98 Å². The van der Waals surface area contributed by atoms with E-state index in [4.69, 9.17) is 5.73 Å². The second-order valence-corrected chi connectivity index (χ2v) is 4.55. The molecule has 21 heavy (non-hydrogen) atoms. The summed E-state index contributed by atoms with van der Waals surface area (Å²) >= 11 is 0. The third kappa shape index (κ3) is 2.97. The second-order valence-electron chi connectivity index (χ2n) is 4.55. The molecule has 0 saturated carbocycles.